The number of nitrogens with zero attached hydrogens (tertiary/aromatic N) is 7. The summed E-state index contributed by atoms with van der Waals surface area (Å²) in [6.45, 7) is 17.1. The minimum absolute atomic E-state index is 0. The number of hydrogen-bond acceptors (Lipinski definition) is 13. The summed E-state index contributed by atoms with van der Waals surface area (Å²) in [4.78, 5) is 80.7. The molecule has 1 fully saturated rings. The number of amides is 3. The van der Waals surface area contributed by atoms with Gasteiger partial charge < -0.3 is 25.1 Å². The molecule has 0 spiro atoms. The van der Waals surface area contributed by atoms with Gasteiger partial charge in [0, 0.05) is 65.1 Å². The van der Waals surface area contributed by atoms with Crippen molar-refractivity contribution < 1.29 is 66.9 Å². The number of aromatic nitrogens is 3. The van der Waals surface area contributed by atoms with Crippen LogP contribution in [-0.2, 0) is 31.1 Å². The molecule has 1 aliphatic rings. The van der Waals surface area contributed by atoms with Crippen molar-refractivity contribution in [3.8, 4) is 5.82 Å². The number of fused-ring (bicyclic) bond motifs is 2. The minimum Gasteiger partial charge on any atom is -0.465 e. The summed E-state index contributed by atoms with van der Waals surface area (Å²) >= 11 is 0. The Morgan fingerprint density at radius 2 is 1.08 bits per heavy atom. The van der Waals surface area contributed by atoms with Gasteiger partial charge in [0.25, 0.3) is 0 Å². The largest absolute Gasteiger partial charge is 4.00 e. The first-order valence-electron chi connectivity index (χ1n) is 26.5. The fourth-order valence-corrected chi connectivity index (χ4v) is 9.56. The molecular formula is C60H72N10O7Tb+4. The summed E-state index contributed by atoms with van der Waals surface area (Å²) in [5.74, 6) is -0.342. The van der Waals surface area contributed by atoms with Crippen molar-refractivity contribution in [1.29, 1.82) is 0 Å². The Hall–Kier alpha value is -6.28. The first-order valence-corrected chi connectivity index (χ1v) is 26.5. The van der Waals surface area contributed by atoms with E-state index in [1.54, 1.807) is 41.1 Å². The molecule has 0 aliphatic carbocycles. The van der Waals surface area contributed by atoms with Gasteiger partial charge in [-0.3, -0.25) is 38.8 Å². The summed E-state index contributed by atoms with van der Waals surface area (Å²) in [6.07, 6.45) is 1.84. The normalized spacial score (nSPS) is 15.7. The molecular weight excluding hydrogens is 1130 g/mol. The molecule has 3 atom stereocenters. The van der Waals surface area contributed by atoms with Crippen molar-refractivity contribution in [3.05, 3.63) is 171 Å². The predicted molar refractivity (Wildman–Crippen MR) is 299 cm³/mol. The summed E-state index contributed by atoms with van der Waals surface area (Å²) in [7, 11) is 1.34. The standard InChI is InChI=1S/C60H72N10O7.Tb/c1-41(44-14-10-8-11-15-44)61-54(71)38-67-30-28-66(37-49-26-27-70(65-49)53-25-23-50-57(74)51-36-48(60(4,5)6)22-24-52(51)77-58(50)64-53)29-31-68(39-55(72)62-42(2)45-16-12-9-13-17-45)33-35-69(34-32-67)40-56(73)63-43(3)46-18-20-47(21-19-46)59(75)76-7;/h8-27,36,41-43H,28-35,37-40H2,1-7H3,(H,61,71)(H,62,72)(H,63,73);/q;+4/t41-,42+,43-;/m0./s1. The fourth-order valence-electron chi connectivity index (χ4n) is 9.56. The Kier molecular flexibility index (Phi) is 21.0. The molecule has 78 heavy (non-hydrogen) atoms. The maximum Gasteiger partial charge on any atom is 4.00 e. The monoisotopic (exact) mass is 1200 g/mol. The summed E-state index contributed by atoms with van der Waals surface area (Å²) in [5, 5.41) is 15.4. The van der Waals surface area contributed by atoms with Crippen LogP contribution in [0.2, 0.25) is 0 Å². The molecule has 0 bridgehead atoms. The SMILES string of the molecule is COC(=O)c1ccc([C@H](C)NC(=O)CN2CCN(CC(=O)N[C@@H](C)c3ccccc3)CCN(Cc3ccn(-c4ccc5c(=O)c6cc(C(C)(C)C)ccc6oc5n4)n3)CCN(CC(=O)N[C@H](C)c3ccccc3)CC2)cc1.[Tb+4]. The van der Waals surface area contributed by atoms with Crippen LogP contribution in [-0.4, -0.2) is 137 Å². The second kappa shape index (κ2) is 27.5. The summed E-state index contributed by atoms with van der Waals surface area (Å²) in [6, 6.07) is 37.1. The zero-order chi connectivity index (χ0) is 54.6. The molecule has 4 aromatic carbocycles. The summed E-state index contributed by atoms with van der Waals surface area (Å²) in [5.41, 5.74) is 5.51. The molecule has 0 unspecified atom stereocenters. The Morgan fingerprint density at radius 1 is 0.603 bits per heavy atom. The average Bonchev–Trinajstić information content (AvgIpc) is 3.90. The molecule has 17 nitrogen and oxygen atoms in total. The number of nitrogens with one attached hydrogen (secondary N) is 3. The zero-order valence-corrected chi connectivity index (χ0v) is 47.8. The van der Waals surface area contributed by atoms with Crippen molar-refractivity contribution in [2.75, 3.05) is 79.1 Å². The Bertz CT molecular complexity index is 3120. The number of ether oxygens (including phenoxy) is 1. The Morgan fingerprint density at radius 3 is 1.55 bits per heavy atom. The molecule has 1 saturated heterocycles. The maximum absolute atomic E-state index is 13.9. The van der Waals surface area contributed by atoms with E-state index in [1.807, 2.05) is 112 Å². The van der Waals surface area contributed by atoms with Gasteiger partial charge in [0.1, 0.15) is 5.58 Å². The van der Waals surface area contributed by atoms with Crippen LogP contribution >= 0.6 is 0 Å². The van der Waals surface area contributed by atoms with E-state index in [4.69, 9.17) is 19.2 Å². The minimum atomic E-state index is -0.434. The third-order valence-corrected chi connectivity index (χ3v) is 14.2. The third-order valence-electron chi connectivity index (χ3n) is 14.2. The van der Waals surface area contributed by atoms with Crippen LogP contribution < -0.4 is 21.4 Å². The predicted octanol–water partition coefficient (Wildman–Crippen LogP) is 6.96. The molecule has 1 radical (unpaired) electrons. The van der Waals surface area contributed by atoms with Crippen LogP contribution in [0.25, 0.3) is 27.9 Å². The Labute approximate surface area is 487 Å². The van der Waals surface area contributed by atoms with Gasteiger partial charge in [-0.15, -0.1) is 0 Å². The zero-order valence-electron chi connectivity index (χ0n) is 45.7. The molecule has 3 aromatic heterocycles. The number of carbonyl (C=O) groups is 4. The molecule has 7 aromatic rings. The number of benzene rings is 4. The maximum atomic E-state index is 13.9. The molecule has 409 valence electrons. The molecule has 8 rings (SSSR count). The van der Waals surface area contributed by atoms with Crippen LogP contribution in [0.5, 0.6) is 0 Å². The number of hydrogen-bond donors (Lipinski definition) is 3. The van der Waals surface area contributed by atoms with E-state index < -0.39 is 5.97 Å². The van der Waals surface area contributed by atoms with Crippen molar-refractivity contribution in [1.82, 2.24) is 50.3 Å². The first kappa shape index (κ1) is 59.4. The van der Waals surface area contributed by atoms with Gasteiger partial charge in [0.2, 0.25) is 28.9 Å². The van der Waals surface area contributed by atoms with Crippen molar-refractivity contribution in [2.24, 2.45) is 0 Å². The second-order valence-corrected chi connectivity index (χ2v) is 21.1. The van der Waals surface area contributed by atoms with E-state index in [2.05, 4.69) is 56.3 Å². The van der Waals surface area contributed by atoms with E-state index in [1.165, 1.54) is 7.11 Å². The van der Waals surface area contributed by atoms with Gasteiger partial charge >= 0.3 is 44.6 Å². The van der Waals surface area contributed by atoms with Crippen LogP contribution in [0.4, 0.5) is 0 Å². The number of pyridine rings is 1. The Balaban J connectivity index is 0.00000882. The summed E-state index contributed by atoms with van der Waals surface area (Å²) < 4.78 is 12.8. The second-order valence-electron chi connectivity index (χ2n) is 21.1. The third kappa shape index (κ3) is 16.2. The van der Waals surface area contributed by atoms with Crippen molar-refractivity contribution in [2.45, 2.75) is 71.6 Å². The van der Waals surface area contributed by atoms with Crippen molar-refractivity contribution >= 4 is 45.8 Å². The number of rotatable bonds is 16. The molecule has 4 heterocycles. The molecule has 0 saturated carbocycles. The van der Waals surface area contributed by atoms with E-state index in [-0.39, 0.29) is 111 Å². The van der Waals surface area contributed by atoms with Gasteiger partial charge in [0.05, 0.1) is 66.9 Å². The number of methoxy groups -OCH3 is 1. The van der Waals surface area contributed by atoms with Crippen LogP contribution in [0.3, 0.4) is 0 Å². The van der Waals surface area contributed by atoms with Crippen LogP contribution in [0, 0.1) is 38.6 Å². The molecule has 18 heteroatoms. The van der Waals surface area contributed by atoms with E-state index in [0.717, 1.165) is 27.9 Å². The van der Waals surface area contributed by atoms with Crippen LogP contribution in [0.15, 0.2) is 137 Å². The molecule has 3 amide bonds. The van der Waals surface area contributed by atoms with Gasteiger partial charge in [-0.05, 0) is 90.9 Å². The van der Waals surface area contributed by atoms with Crippen molar-refractivity contribution in [3.63, 3.8) is 0 Å². The fraction of sp³-hybridized carbons (Fsp3) is 0.383. The molecule has 1 aliphatic heterocycles. The van der Waals surface area contributed by atoms with Gasteiger partial charge in [-0.25, -0.2) is 9.48 Å². The van der Waals surface area contributed by atoms with Gasteiger partial charge in [-0.2, -0.15) is 10.1 Å². The van der Waals surface area contributed by atoms with Crippen LogP contribution in [0.1, 0.15) is 98.0 Å². The number of carbonyl (C=O) groups excluding carboxylic acids is 4. The average molecular weight is 1200 g/mol. The number of esters is 1. The van der Waals surface area contributed by atoms with Gasteiger partial charge in [0.15, 0.2) is 5.82 Å². The van der Waals surface area contributed by atoms with E-state index in [9.17, 15) is 24.0 Å². The first-order chi connectivity index (χ1) is 37.0. The topological polar surface area (TPSA) is 187 Å². The quantitative estimate of drug-likeness (QED) is 0.0666. The smallest absolute Gasteiger partial charge is 0.465 e. The van der Waals surface area contributed by atoms with Gasteiger partial charge in [-0.1, -0.05) is 99.6 Å². The molecule has 3 N–H and O–H groups in total. The van der Waals surface area contributed by atoms with E-state index >= 15 is 0 Å². The van der Waals surface area contributed by atoms with E-state index in [0.29, 0.717) is 86.6 Å².